The molecule has 202 valence electrons. The minimum Gasteiger partial charge on any atom is -0.497 e. The number of alkyl halides is 1. The summed E-state index contributed by atoms with van der Waals surface area (Å²) in [6, 6.07) is 29.3. The molecule has 0 aliphatic carbocycles. The largest absolute Gasteiger partial charge is 0.497 e. The number of aromatic nitrogens is 2. The zero-order valence-electron chi connectivity index (χ0n) is 21.6. The molecule has 0 unspecified atom stereocenters. The Morgan fingerprint density at radius 1 is 1.00 bits per heavy atom. The fourth-order valence-corrected chi connectivity index (χ4v) is 5.45. The van der Waals surface area contributed by atoms with Gasteiger partial charge in [0.2, 0.25) is 0 Å². The molecule has 39 heavy (non-hydrogen) atoms. The van der Waals surface area contributed by atoms with Crippen LogP contribution in [0.15, 0.2) is 102 Å². The molecule has 0 bridgehead atoms. The first-order valence-corrected chi connectivity index (χ1v) is 13.0. The van der Waals surface area contributed by atoms with E-state index in [-0.39, 0.29) is 0 Å². The Morgan fingerprint density at radius 2 is 1.56 bits per heavy atom. The summed E-state index contributed by atoms with van der Waals surface area (Å²) in [5.41, 5.74) is 1.26. The van der Waals surface area contributed by atoms with E-state index in [1.54, 1.807) is 20.1 Å². The van der Waals surface area contributed by atoms with Gasteiger partial charge < -0.3 is 25.0 Å². The number of hydrogen-bond acceptors (Lipinski definition) is 7. The molecular weight excluding hydrogens is 518 g/mol. The molecule has 3 aromatic carbocycles. The number of rotatable bonds is 8. The zero-order chi connectivity index (χ0) is 27.6. The normalized spacial score (nSPS) is 22.9. The third-order valence-electron chi connectivity index (χ3n) is 7.23. The van der Waals surface area contributed by atoms with Crippen LogP contribution < -0.4 is 15.7 Å². The maximum absolute atomic E-state index is 13.3. The van der Waals surface area contributed by atoms with Crippen LogP contribution in [0.4, 0.5) is 5.82 Å². The van der Waals surface area contributed by atoms with Crippen molar-refractivity contribution in [3.8, 4) is 5.75 Å². The van der Waals surface area contributed by atoms with Crippen LogP contribution >= 0.6 is 11.6 Å². The molecule has 3 N–H and O–H groups in total. The van der Waals surface area contributed by atoms with Crippen LogP contribution in [0.25, 0.3) is 0 Å². The summed E-state index contributed by atoms with van der Waals surface area (Å²) in [7, 11) is 1.62. The fraction of sp³-hybridized carbons (Fsp3) is 0.267. The van der Waals surface area contributed by atoms with Crippen molar-refractivity contribution in [1.29, 1.82) is 0 Å². The quantitative estimate of drug-likeness (QED) is 0.227. The van der Waals surface area contributed by atoms with Gasteiger partial charge in [-0.1, -0.05) is 72.8 Å². The van der Waals surface area contributed by atoms with Gasteiger partial charge >= 0.3 is 5.69 Å². The monoisotopic (exact) mass is 547 g/mol. The lowest BCUT2D eigenvalue weighted by molar-refractivity contribution is -0.0469. The van der Waals surface area contributed by atoms with Crippen LogP contribution in [0.3, 0.4) is 0 Å². The third kappa shape index (κ3) is 4.81. The number of halogens is 1. The van der Waals surface area contributed by atoms with Gasteiger partial charge in [-0.25, -0.2) is 4.79 Å². The van der Waals surface area contributed by atoms with Gasteiger partial charge in [0, 0.05) is 6.20 Å². The molecule has 5 rings (SSSR count). The Morgan fingerprint density at radius 3 is 2.05 bits per heavy atom. The van der Waals surface area contributed by atoms with Crippen molar-refractivity contribution in [3.63, 3.8) is 0 Å². The summed E-state index contributed by atoms with van der Waals surface area (Å²) in [6.45, 7) is 1.14. The van der Waals surface area contributed by atoms with E-state index in [9.17, 15) is 15.0 Å². The van der Waals surface area contributed by atoms with Crippen LogP contribution in [0.1, 0.15) is 29.8 Å². The third-order valence-corrected chi connectivity index (χ3v) is 7.64. The van der Waals surface area contributed by atoms with E-state index >= 15 is 0 Å². The second-order valence-electron chi connectivity index (χ2n) is 9.64. The van der Waals surface area contributed by atoms with E-state index in [2.05, 4.69) is 10.3 Å². The minimum atomic E-state index is -1.34. The second-order valence-corrected chi connectivity index (χ2v) is 10.5. The van der Waals surface area contributed by atoms with Crippen LogP contribution in [0.2, 0.25) is 0 Å². The topological polar surface area (TPSA) is 106 Å². The number of hydrogen-bond donors (Lipinski definition) is 3. The summed E-state index contributed by atoms with van der Waals surface area (Å²) >= 11 is 6.58. The zero-order valence-corrected chi connectivity index (χ0v) is 22.3. The molecular formula is C30H30ClN3O5. The van der Waals surface area contributed by atoms with E-state index in [1.165, 1.54) is 10.8 Å². The van der Waals surface area contributed by atoms with Crippen molar-refractivity contribution < 1.29 is 19.7 Å². The molecule has 1 aliphatic rings. The lowest BCUT2D eigenvalue weighted by atomic mass is 9.77. The molecule has 1 aromatic heterocycles. The fourth-order valence-electron chi connectivity index (χ4n) is 5.15. The average molecular weight is 548 g/mol. The highest BCUT2D eigenvalue weighted by molar-refractivity contribution is 6.24. The molecule has 1 saturated heterocycles. The van der Waals surface area contributed by atoms with Gasteiger partial charge in [0.05, 0.1) is 13.7 Å². The number of aliphatic hydroxyl groups is 2. The van der Waals surface area contributed by atoms with E-state index in [4.69, 9.17) is 21.1 Å². The molecule has 1 fully saturated rings. The maximum Gasteiger partial charge on any atom is 0.351 e. The Labute approximate surface area is 231 Å². The Hall–Kier alpha value is -3.69. The molecule has 0 saturated carbocycles. The van der Waals surface area contributed by atoms with E-state index in [1.807, 2.05) is 84.9 Å². The first-order chi connectivity index (χ1) is 18.8. The molecule has 8 nitrogen and oxygen atoms in total. The Balaban J connectivity index is 1.63. The first kappa shape index (κ1) is 26.9. The number of nitrogens with zero attached hydrogens (tertiary/aromatic N) is 2. The molecule has 0 amide bonds. The number of benzene rings is 3. The summed E-state index contributed by atoms with van der Waals surface area (Å²) in [5.74, 6) is 1.05. The molecule has 0 spiro atoms. The highest BCUT2D eigenvalue weighted by Gasteiger charge is 2.53. The van der Waals surface area contributed by atoms with Gasteiger partial charge in [-0.3, -0.25) is 4.57 Å². The van der Waals surface area contributed by atoms with E-state index < -0.39 is 41.1 Å². The maximum atomic E-state index is 13.3. The van der Waals surface area contributed by atoms with Gasteiger partial charge in [-0.2, -0.15) is 4.98 Å². The summed E-state index contributed by atoms with van der Waals surface area (Å²) in [5, 5.41) is 23.6. The van der Waals surface area contributed by atoms with Crippen molar-refractivity contribution >= 4 is 17.4 Å². The molecule has 4 atom stereocenters. The SMILES string of the molecule is COc1ccc(C(Nc2ccn([C@@H]3O[C@H](CO)[C@@H](O)[C@@]3(C)Cl)c(=O)n2)(c2ccccc2)c2ccccc2)cc1. The number of anilines is 1. The van der Waals surface area contributed by atoms with Crippen LogP contribution in [-0.2, 0) is 10.3 Å². The standard InChI is InChI=1S/C30H30ClN3O5/c1-29(31)26(36)24(19-35)39-27(29)34-18-17-25(32-28(34)37)33-30(20-9-5-3-6-10-20,21-11-7-4-8-12-21)22-13-15-23(38-2)16-14-22/h3-18,24,26-27,35-36H,19H2,1-2H3,(H,32,33,37)/t24-,26-,27-,29-/m1/s1. The van der Waals surface area contributed by atoms with Gasteiger partial charge in [0.25, 0.3) is 0 Å². The predicted molar refractivity (Wildman–Crippen MR) is 149 cm³/mol. The Bertz CT molecular complexity index is 1420. The summed E-state index contributed by atoms with van der Waals surface area (Å²) in [6.07, 6.45) is -1.57. The average Bonchev–Trinajstić information content (AvgIpc) is 3.20. The van der Waals surface area contributed by atoms with Crippen molar-refractivity contribution in [2.45, 2.75) is 35.8 Å². The minimum absolute atomic E-state index is 0.327. The summed E-state index contributed by atoms with van der Waals surface area (Å²) in [4.78, 5) is 16.3. The molecule has 0 radical (unpaired) electrons. The number of methoxy groups -OCH3 is 1. The van der Waals surface area contributed by atoms with Crippen LogP contribution in [0.5, 0.6) is 5.75 Å². The van der Waals surface area contributed by atoms with Gasteiger partial charge in [0.15, 0.2) is 6.23 Å². The van der Waals surface area contributed by atoms with E-state index in [0.717, 1.165) is 22.4 Å². The Kier molecular flexibility index (Phi) is 7.46. The number of nitrogens with one attached hydrogen (secondary N) is 1. The van der Waals surface area contributed by atoms with Crippen LogP contribution in [0, 0.1) is 0 Å². The van der Waals surface area contributed by atoms with Crippen LogP contribution in [-0.4, -0.2) is 50.6 Å². The first-order valence-electron chi connectivity index (χ1n) is 12.6. The number of ether oxygens (including phenoxy) is 2. The molecule has 4 aromatic rings. The molecule has 1 aliphatic heterocycles. The highest BCUT2D eigenvalue weighted by atomic mass is 35.5. The highest BCUT2D eigenvalue weighted by Crippen LogP contribution is 2.43. The van der Waals surface area contributed by atoms with Crippen molar-refractivity contribution in [2.24, 2.45) is 0 Å². The molecule has 9 heteroatoms. The van der Waals surface area contributed by atoms with E-state index in [0.29, 0.717) is 5.82 Å². The lowest BCUT2D eigenvalue weighted by Crippen LogP contribution is -2.42. The van der Waals surface area contributed by atoms with Crippen molar-refractivity contribution in [1.82, 2.24) is 9.55 Å². The number of aliphatic hydroxyl groups excluding tert-OH is 2. The smallest absolute Gasteiger partial charge is 0.351 e. The predicted octanol–water partition coefficient (Wildman–Crippen LogP) is 3.90. The van der Waals surface area contributed by atoms with Crippen molar-refractivity contribution in [2.75, 3.05) is 19.0 Å². The van der Waals surface area contributed by atoms with Gasteiger partial charge in [0.1, 0.15) is 34.2 Å². The van der Waals surface area contributed by atoms with Crippen molar-refractivity contribution in [3.05, 3.63) is 124 Å². The van der Waals surface area contributed by atoms with Gasteiger partial charge in [-0.05, 0) is 41.8 Å². The second kappa shape index (κ2) is 10.8. The van der Waals surface area contributed by atoms with Gasteiger partial charge in [-0.15, -0.1) is 11.6 Å². The summed E-state index contributed by atoms with van der Waals surface area (Å²) < 4.78 is 12.4. The lowest BCUT2D eigenvalue weighted by Gasteiger charge is -2.37. The molecule has 2 heterocycles.